The van der Waals surface area contributed by atoms with Gasteiger partial charge in [0.2, 0.25) is 0 Å². The Kier molecular flexibility index (Phi) is 9.08. The van der Waals surface area contributed by atoms with Gasteiger partial charge in [0.1, 0.15) is 34.8 Å². The number of hydrogen-bond donors (Lipinski definition) is 1. The number of esters is 1. The van der Waals surface area contributed by atoms with Crippen molar-refractivity contribution in [3.63, 3.8) is 0 Å². The second-order valence-electron chi connectivity index (χ2n) is 9.89. The van der Waals surface area contributed by atoms with Crippen LogP contribution < -0.4 is 15.0 Å². The van der Waals surface area contributed by atoms with E-state index in [9.17, 15) is 22.8 Å². The van der Waals surface area contributed by atoms with E-state index in [-0.39, 0.29) is 37.1 Å². The van der Waals surface area contributed by atoms with E-state index in [0.29, 0.717) is 34.8 Å². The molecule has 0 radical (unpaired) electrons. The van der Waals surface area contributed by atoms with E-state index in [1.807, 2.05) is 18.9 Å². The summed E-state index contributed by atoms with van der Waals surface area (Å²) in [6.07, 6.45) is 0. The Morgan fingerprint density at radius 2 is 1.67 bits per heavy atom. The molecule has 0 fully saturated rings. The van der Waals surface area contributed by atoms with E-state index in [0.717, 1.165) is 5.56 Å². The molecule has 1 amide bonds. The smallest absolute Gasteiger partial charge is 0.344 e. The molecule has 1 aliphatic rings. The van der Waals surface area contributed by atoms with Crippen molar-refractivity contribution in [3.05, 3.63) is 106 Å². The van der Waals surface area contributed by atoms with E-state index in [1.54, 1.807) is 43.0 Å². The van der Waals surface area contributed by atoms with Crippen LogP contribution in [0, 0.1) is 30.2 Å². The van der Waals surface area contributed by atoms with Crippen molar-refractivity contribution in [2.24, 2.45) is 0 Å². The highest BCUT2D eigenvalue weighted by Gasteiger charge is 2.31. The molecule has 222 valence electrons. The molecular formula is C31H31F4N3O4. The van der Waals surface area contributed by atoms with Crippen LogP contribution in [-0.4, -0.2) is 37.0 Å². The first-order valence-corrected chi connectivity index (χ1v) is 13.2. The zero-order valence-electron chi connectivity index (χ0n) is 23.7. The van der Waals surface area contributed by atoms with Crippen molar-refractivity contribution < 1.29 is 36.6 Å². The third-order valence-corrected chi connectivity index (χ3v) is 7.23. The van der Waals surface area contributed by atoms with Gasteiger partial charge in [0.05, 0.1) is 19.2 Å². The number of hydrogen-bond acceptors (Lipinski definition) is 6. The number of anilines is 1. The number of amides is 1. The lowest BCUT2D eigenvalue weighted by Crippen LogP contribution is -2.39. The highest BCUT2D eigenvalue weighted by molar-refractivity contribution is 5.95. The van der Waals surface area contributed by atoms with Gasteiger partial charge in [-0.15, -0.1) is 0 Å². The van der Waals surface area contributed by atoms with Crippen molar-refractivity contribution in [2.75, 3.05) is 25.2 Å². The van der Waals surface area contributed by atoms with Crippen molar-refractivity contribution in [3.8, 4) is 5.75 Å². The van der Waals surface area contributed by atoms with Crippen molar-refractivity contribution in [1.82, 2.24) is 10.2 Å². The highest BCUT2D eigenvalue weighted by Crippen LogP contribution is 2.41. The quantitative estimate of drug-likeness (QED) is 0.249. The fraction of sp³-hybridized carbons (Fsp3) is 0.290. The van der Waals surface area contributed by atoms with E-state index in [2.05, 4.69) is 11.9 Å². The fourth-order valence-corrected chi connectivity index (χ4v) is 4.75. The number of carbonyl (C=O) groups is 2. The maximum atomic E-state index is 15.4. The number of nitrogens with zero attached hydrogens (tertiary/aromatic N) is 2. The molecule has 7 nitrogen and oxygen atoms in total. The molecule has 0 bridgehead atoms. The molecule has 11 heteroatoms. The molecule has 1 atom stereocenters. The summed E-state index contributed by atoms with van der Waals surface area (Å²) in [4.78, 5) is 28.3. The van der Waals surface area contributed by atoms with Crippen molar-refractivity contribution in [2.45, 2.75) is 39.9 Å². The van der Waals surface area contributed by atoms with Gasteiger partial charge >= 0.3 is 5.97 Å². The Morgan fingerprint density at radius 3 is 2.31 bits per heavy atom. The zero-order valence-corrected chi connectivity index (χ0v) is 23.7. The molecular weight excluding hydrogens is 554 g/mol. The van der Waals surface area contributed by atoms with Gasteiger partial charge in [0.25, 0.3) is 5.91 Å². The van der Waals surface area contributed by atoms with Crippen molar-refractivity contribution in [1.29, 1.82) is 0 Å². The molecule has 0 saturated heterocycles. The van der Waals surface area contributed by atoms with Gasteiger partial charge in [-0.2, -0.15) is 0 Å². The first-order chi connectivity index (χ1) is 19.9. The van der Waals surface area contributed by atoms with Gasteiger partial charge in [0.15, 0.2) is 6.61 Å². The third kappa shape index (κ3) is 6.35. The zero-order chi connectivity index (χ0) is 30.7. The molecule has 3 aromatic carbocycles. The van der Waals surface area contributed by atoms with Crippen LogP contribution in [0.4, 0.5) is 23.2 Å². The topological polar surface area (TPSA) is 71.1 Å². The Morgan fingerprint density at radius 1 is 1.00 bits per heavy atom. The predicted octanol–water partition coefficient (Wildman–Crippen LogP) is 5.91. The number of fused-ring (bicyclic) bond motifs is 1. The summed E-state index contributed by atoms with van der Waals surface area (Å²) >= 11 is 0. The molecule has 0 unspecified atom stereocenters. The van der Waals surface area contributed by atoms with E-state index >= 15 is 4.39 Å². The number of carbonyl (C=O) groups excluding carboxylic acids is 2. The average Bonchev–Trinajstić information content (AvgIpc) is 2.93. The number of benzene rings is 3. The van der Waals surface area contributed by atoms with Crippen LogP contribution in [0.1, 0.15) is 52.5 Å². The monoisotopic (exact) mass is 585 g/mol. The molecule has 0 saturated carbocycles. The van der Waals surface area contributed by atoms with Gasteiger partial charge in [-0.3, -0.25) is 4.79 Å². The lowest BCUT2D eigenvalue weighted by atomic mass is 9.97. The summed E-state index contributed by atoms with van der Waals surface area (Å²) in [5, 5.41) is 2.47. The molecule has 42 heavy (non-hydrogen) atoms. The second kappa shape index (κ2) is 12.5. The normalized spacial score (nSPS) is 14.5. The number of aryl methyl sites for hydroxylation is 1. The molecule has 3 aromatic rings. The minimum atomic E-state index is -1.10. The third-order valence-electron chi connectivity index (χ3n) is 7.23. The van der Waals surface area contributed by atoms with Crippen LogP contribution in [-0.2, 0) is 22.6 Å². The van der Waals surface area contributed by atoms with Crippen LogP contribution in [0.15, 0.2) is 54.9 Å². The first-order valence-electron chi connectivity index (χ1n) is 13.2. The number of ether oxygens (including phenoxy) is 2. The summed E-state index contributed by atoms with van der Waals surface area (Å²) in [5.41, 5.74) is 2.12. The summed E-state index contributed by atoms with van der Waals surface area (Å²) < 4.78 is 66.9. The Bertz CT molecular complexity index is 1500. The summed E-state index contributed by atoms with van der Waals surface area (Å²) in [6, 6.07) is 8.75. The van der Waals surface area contributed by atoms with Crippen LogP contribution in [0.5, 0.6) is 5.75 Å². The van der Waals surface area contributed by atoms with Gasteiger partial charge in [-0.25, -0.2) is 22.4 Å². The van der Waals surface area contributed by atoms with E-state index in [1.165, 1.54) is 6.07 Å². The van der Waals surface area contributed by atoms with Crippen LogP contribution in [0.25, 0.3) is 0 Å². The molecule has 0 aliphatic carbocycles. The number of rotatable bonds is 9. The highest BCUT2D eigenvalue weighted by atomic mass is 19.1. The SMILES string of the molecule is C=C1N(Cc2c(C)cc(OCC(=O)OCC)cc2F)c2cc(C(=O)NCc3c(F)cc(F)cc3F)ccc2[C@H](C)N1C. The lowest BCUT2D eigenvalue weighted by Gasteiger charge is -2.43. The van der Waals surface area contributed by atoms with Gasteiger partial charge in [-0.05, 0) is 50.1 Å². The van der Waals surface area contributed by atoms with Crippen LogP contribution in [0.2, 0.25) is 0 Å². The lowest BCUT2D eigenvalue weighted by molar-refractivity contribution is -0.145. The van der Waals surface area contributed by atoms with Gasteiger partial charge in [0, 0.05) is 54.2 Å². The first kappa shape index (κ1) is 30.4. The summed E-state index contributed by atoms with van der Waals surface area (Å²) in [6.45, 7) is 8.96. The van der Waals surface area contributed by atoms with Crippen molar-refractivity contribution >= 4 is 17.6 Å². The molecule has 1 heterocycles. The largest absolute Gasteiger partial charge is 0.482 e. The Labute approximate surface area is 241 Å². The molecule has 0 spiro atoms. The molecule has 1 aliphatic heterocycles. The van der Waals surface area contributed by atoms with Crippen LogP contribution in [0.3, 0.4) is 0 Å². The fourth-order valence-electron chi connectivity index (χ4n) is 4.75. The summed E-state index contributed by atoms with van der Waals surface area (Å²) in [5.74, 6) is -4.25. The van der Waals surface area contributed by atoms with Gasteiger partial charge < -0.3 is 24.6 Å². The standard InChI is InChI=1S/C31H31F4N3O4/c1-6-41-30(39)16-42-22-9-17(2)25(28(35)13-22)15-38-19(4)37(5)18(3)23-8-7-20(10-29(23)38)31(40)36-14-24-26(33)11-21(32)12-27(24)34/h7-13,18H,4,6,14-16H2,1-3,5H3,(H,36,40)/t18-/m0/s1. The summed E-state index contributed by atoms with van der Waals surface area (Å²) in [7, 11) is 1.85. The number of nitrogens with one attached hydrogen (secondary N) is 1. The molecule has 4 rings (SSSR count). The predicted molar refractivity (Wildman–Crippen MR) is 149 cm³/mol. The minimum Gasteiger partial charge on any atom is -0.482 e. The van der Waals surface area contributed by atoms with E-state index < -0.39 is 47.3 Å². The van der Waals surface area contributed by atoms with Crippen LogP contribution >= 0.6 is 0 Å². The average molecular weight is 586 g/mol. The maximum absolute atomic E-state index is 15.4. The second-order valence-corrected chi connectivity index (χ2v) is 9.89. The Hall–Kier alpha value is -4.54. The maximum Gasteiger partial charge on any atom is 0.344 e. The molecule has 1 N–H and O–H groups in total. The molecule has 0 aromatic heterocycles. The number of halogens is 4. The van der Waals surface area contributed by atoms with Gasteiger partial charge in [-0.1, -0.05) is 12.6 Å². The van der Waals surface area contributed by atoms with E-state index in [4.69, 9.17) is 9.47 Å². The Balaban J connectivity index is 1.60. The minimum absolute atomic E-state index is 0.0653.